The molecule has 1 fully saturated rings. The van der Waals surface area contributed by atoms with E-state index in [1.165, 1.54) is 0 Å². The number of benzene rings is 1. The Hall–Kier alpha value is -1.89. The van der Waals surface area contributed by atoms with Gasteiger partial charge in [0.2, 0.25) is 0 Å². The van der Waals surface area contributed by atoms with Crippen molar-refractivity contribution in [2.75, 3.05) is 26.2 Å². The molecule has 2 aromatic rings. The van der Waals surface area contributed by atoms with E-state index in [0.29, 0.717) is 17.1 Å². The average molecular weight is 363 g/mol. The van der Waals surface area contributed by atoms with Gasteiger partial charge in [-0.1, -0.05) is 11.6 Å². The topological polar surface area (TPSA) is 59.4 Å². The van der Waals surface area contributed by atoms with E-state index in [-0.39, 0.29) is 18.1 Å². The van der Waals surface area contributed by atoms with Gasteiger partial charge in [0.05, 0.1) is 29.7 Å². The van der Waals surface area contributed by atoms with Crippen molar-refractivity contribution in [1.29, 1.82) is 0 Å². The molecule has 25 heavy (non-hydrogen) atoms. The van der Waals surface area contributed by atoms with Crippen molar-refractivity contribution >= 4 is 17.5 Å². The molecule has 2 atom stereocenters. The lowest BCUT2D eigenvalue weighted by atomic mass is 10.2. The number of hydrogen-bond acceptors (Lipinski definition) is 4. The van der Waals surface area contributed by atoms with Gasteiger partial charge in [-0.2, -0.15) is 5.10 Å². The Balaban J connectivity index is 1.51. The maximum Gasteiger partial charge on any atom is 0.254 e. The molecule has 0 bridgehead atoms. The molecule has 3 rings (SSSR count). The third kappa shape index (κ3) is 4.81. The second-order valence-corrected chi connectivity index (χ2v) is 6.86. The number of nitrogens with one attached hydrogen (secondary N) is 1. The molecule has 2 unspecified atom stereocenters. The summed E-state index contributed by atoms with van der Waals surface area (Å²) in [7, 11) is 0. The van der Waals surface area contributed by atoms with Crippen LogP contribution in [-0.2, 0) is 4.74 Å². The fourth-order valence-corrected chi connectivity index (χ4v) is 3.20. The van der Waals surface area contributed by atoms with Crippen LogP contribution in [0, 0.1) is 0 Å². The van der Waals surface area contributed by atoms with Crippen molar-refractivity contribution in [1.82, 2.24) is 20.0 Å². The Bertz CT molecular complexity index is 706. The molecule has 134 valence electrons. The maximum atomic E-state index is 12.3. The van der Waals surface area contributed by atoms with Crippen LogP contribution in [-0.4, -0.2) is 59.0 Å². The van der Waals surface area contributed by atoms with Gasteiger partial charge >= 0.3 is 0 Å². The largest absolute Gasteiger partial charge is 0.373 e. The minimum absolute atomic E-state index is 0.116. The van der Waals surface area contributed by atoms with E-state index in [1.807, 2.05) is 12.1 Å². The zero-order valence-electron chi connectivity index (χ0n) is 14.5. The molecule has 2 heterocycles. The molecule has 1 saturated heterocycles. The van der Waals surface area contributed by atoms with Crippen LogP contribution in [0.1, 0.15) is 24.2 Å². The van der Waals surface area contributed by atoms with Crippen LogP contribution in [0.2, 0.25) is 5.02 Å². The smallest absolute Gasteiger partial charge is 0.254 e. The number of halogens is 1. The number of amides is 1. The van der Waals surface area contributed by atoms with Gasteiger partial charge in [-0.15, -0.1) is 0 Å². The zero-order chi connectivity index (χ0) is 17.8. The van der Waals surface area contributed by atoms with E-state index in [0.717, 1.165) is 25.3 Å². The van der Waals surface area contributed by atoms with E-state index in [4.69, 9.17) is 16.3 Å². The summed E-state index contributed by atoms with van der Waals surface area (Å²) in [6.07, 6.45) is 3.76. The van der Waals surface area contributed by atoms with Gasteiger partial charge in [0.25, 0.3) is 5.91 Å². The molecule has 0 aliphatic carbocycles. The van der Waals surface area contributed by atoms with E-state index in [9.17, 15) is 4.79 Å². The Morgan fingerprint density at radius 1 is 1.28 bits per heavy atom. The van der Waals surface area contributed by atoms with Crippen LogP contribution < -0.4 is 5.32 Å². The average Bonchev–Trinajstić information content (AvgIpc) is 3.04. The summed E-state index contributed by atoms with van der Waals surface area (Å²) in [5.74, 6) is -0.116. The quantitative estimate of drug-likeness (QED) is 0.887. The molecule has 1 aliphatic heterocycles. The molecule has 1 aromatic heterocycles. The normalized spacial score (nSPS) is 21.2. The number of morpholine rings is 1. The number of nitrogens with zero attached hydrogens (tertiary/aromatic N) is 3. The van der Waals surface area contributed by atoms with Crippen molar-refractivity contribution in [3.8, 4) is 5.69 Å². The number of aromatic nitrogens is 2. The van der Waals surface area contributed by atoms with E-state index < -0.39 is 0 Å². The minimum Gasteiger partial charge on any atom is -0.373 e. The third-order valence-corrected chi connectivity index (χ3v) is 4.40. The van der Waals surface area contributed by atoms with Crippen LogP contribution in [0.4, 0.5) is 0 Å². The van der Waals surface area contributed by atoms with Crippen LogP contribution in [0.15, 0.2) is 36.7 Å². The molecule has 0 saturated carbocycles. The molecular weight excluding hydrogens is 340 g/mol. The third-order valence-electron chi connectivity index (χ3n) is 4.14. The predicted octanol–water partition coefficient (Wildman–Crippen LogP) is 2.36. The standard InChI is InChI=1S/C18H23ClN4O2/c1-13-10-22(11-14(2)25-13)8-7-20-18(24)15-9-21-23(12-15)17-5-3-16(19)4-6-17/h3-6,9,12-14H,7-8,10-11H2,1-2H3,(H,20,24). The Kier molecular flexibility index (Phi) is 5.73. The van der Waals surface area contributed by atoms with Gasteiger partial charge in [0.1, 0.15) is 0 Å². The monoisotopic (exact) mass is 362 g/mol. The van der Waals surface area contributed by atoms with Gasteiger partial charge in [-0.05, 0) is 38.1 Å². The van der Waals surface area contributed by atoms with Gasteiger partial charge in [0, 0.05) is 37.4 Å². The Morgan fingerprint density at radius 3 is 2.64 bits per heavy atom. The van der Waals surface area contributed by atoms with Gasteiger partial charge in [-0.25, -0.2) is 4.68 Å². The summed E-state index contributed by atoms with van der Waals surface area (Å²) in [6.45, 7) is 7.36. The molecule has 1 N–H and O–H groups in total. The highest BCUT2D eigenvalue weighted by atomic mass is 35.5. The highest BCUT2D eigenvalue weighted by Crippen LogP contribution is 2.13. The number of rotatable bonds is 5. The summed E-state index contributed by atoms with van der Waals surface area (Å²) in [5.41, 5.74) is 1.40. The van der Waals surface area contributed by atoms with Crippen molar-refractivity contribution in [3.05, 3.63) is 47.2 Å². The summed E-state index contributed by atoms with van der Waals surface area (Å²) >= 11 is 5.89. The summed E-state index contributed by atoms with van der Waals surface area (Å²) in [6, 6.07) is 7.31. The van der Waals surface area contributed by atoms with Crippen LogP contribution in [0.3, 0.4) is 0 Å². The van der Waals surface area contributed by atoms with Gasteiger partial charge < -0.3 is 10.1 Å². The number of hydrogen-bond donors (Lipinski definition) is 1. The molecule has 6 nitrogen and oxygen atoms in total. The van der Waals surface area contributed by atoms with Crippen LogP contribution >= 0.6 is 11.6 Å². The van der Waals surface area contributed by atoms with E-state index >= 15 is 0 Å². The Labute approximate surface area is 152 Å². The van der Waals surface area contributed by atoms with Crippen molar-refractivity contribution in [2.45, 2.75) is 26.1 Å². The van der Waals surface area contributed by atoms with Crippen molar-refractivity contribution in [3.63, 3.8) is 0 Å². The minimum atomic E-state index is -0.116. The van der Waals surface area contributed by atoms with Crippen LogP contribution in [0.5, 0.6) is 0 Å². The second kappa shape index (κ2) is 7.99. The Morgan fingerprint density at radius 2 is 1.96 bits per heavy atom. The van der Waals surface area contributed by atoms with Crippen molar-refractivity contribution < 1.29 is 9.53 Å². The highest BCUT2D eigenvalue weighted by Gasteiger charge is 2.21. The molecule has 1 amide bonds. The van der Waals surface area contributed by atoms with Gasteiger partial charge in [0.15, 0.2) is 0 Å². The summed E-state index contributed by atoms with van der Waals surface area (Å²) in [5, 5.41) is 7.86. The summed E-state index contributed by atoms with van der Waals surface area (Å²) < 4.78 is 7.38. The van der Waals surface area contributed by atoms with Crippen LogP contribution in [0.25, 0.3) is 5.69 Å². The van der Waals surface area contributed by atoms with E-state index in [2.05, 4.69) is 29.2 Å². The molecule has 1 aliphatic rings. The fraction of sp³-hybridized carbons (Fsp3) is 0.444. The maximum absolute atomic E-state index is 12.3. The number of ether oxygens (including phenoxy) is 1. The molecule has 0 radical (unpaired) electrons. The molecular formula is C18H23ClN4O2. The first-order chi connectivity index (χ1) is 12.0. The molecule has 1 aromatic carbocycles. The first-order valence-corrected chi connectivity index (χ1v) is 8.85. The number of carbonyl (C=O) groups is 1. The van der Waals surface area contributed by atoms with Gasteiger partial charge in [-0.3, -0.25) is 9.69 Å². The predicted molar refractivity (Wildman–Crippen MR) is 97.4 cm³/mol. The van der Waals surface area contributed by atoms with Crippen molar-refractivity contribution in [2.24, 2.45) is 0 Å². The molecule has 0 spiro atoms. The lowest BCUT2D eigenvalue weighted by Crippen LogP contribution is -2.47. The summed E-state index contributed by atoms with van der Waals surface area (Å²) in [4.78, 5) is 14.6. The van der Waals surface area contributed by atoms with E-state index in [1.54, 1.807) is 29.2 Å². The SMILES string of the molecule is CC1CN(CCNC(=O)c2cnn(-c3ccc(Cl)cc3)c2)CC(C)O1. The fourth-order valence-electron chi connectivity index (χ4n) is 3.07. The number of carbonyl (C=O) groups excluding carboxylic acids is 1. The lowest BCUT2D eigenvalue weighted by molar-refractivity contribution is -0.0672. The first kappa shape index (κ1) is 17.9. The molecule has 7 heteroatoms. The second-order valence-electron chi connectivity index (χ2n) is 6.42. The zero-order valence-corrected chi connectivity index (χ0v) is 15.2. The lowest BCUT2D eigenvalue weighted by Gasteiger charge is -2.35. The highest BCUT2D eigenvalue weighted by molar-refractivity contribution is 6.30. The first-order valence-electron chi connectivity index (χ1n) is 8.48.